The number of hydrogen-bond donors (Lipinski definition) is 2. The number of amides is 2. The van der Waals surface area contributed by atoms with Crippen LogP contribution in [0.5, 0.6) is 0 Å². The lowest BCUT2D eigenvalue weighted by atomic mass is 10.1. The lowest BCUT2D eigenvalue weighted by molar-refractivity contribution is 0.0786. The monoisotopic (exact) mass is 351 g/mol. The number of fused-ring (bicyclic) bond motifs is 1. The first-order valence-electron chi connectivity index (χ1n) is 8.96. The number of nitrogens with one attached hydrogen (secondary N) is 1. The van der Waals surface area contributed by atoms with E-state index in [2.05, 4.69) is 10.3 Å². The Morgan fingerprint density at radius 1 is 1.04 bits per heavy atom. The molecule has 0 bridgehead atoms. The summed E-state index contributed by atoms with van der Waals surface area (Å²) in [7, 11) is 0. The maximum Gasteiger partial charge on any atom is 0.272 e. The molecule has 0 spiro atoms. The summed E-state index contributed by atoms with van der Waals surface area (Å²) >= 11 is 0. The number of aliphatic hydroxyl groups excluding tert-OH is 1. The smallest absolute Gasteiger partial charge is 0.272 e. The Bertz CT molecular complexity index is 846. The number of nitrogens with zero attached hydrogens (tertiary/aromatic N) is 2. The van der Waals surface area contributed by atoms with Crippen molar-refractivity contribution in [3.05, 3.63) is 65.0 Å². The lowest BCUT2D eigenvalue weighted by Gasteiger charge is -2.18. The first kappa shape index (κ1) is 16.7. The quantitative estimate of drug-likeness (QED) is 0.882. The molecular formula is C20H21N3O3. The van der Waals surface area contributed by atoms with E-state index in [9.17, 15) is 14.7 Å². The highest BCUT2D eigenvalue weighted by molar-refractivity contribution is 5.96. The van der Waals surface area contributed by atoms with Crippen LogP contribution in [0.1, 0.15) is 51.0 Å². The van der Waals surface area contributed by atoms with Crippen molar-refractivity contribution >= 4 is 11.8 Å². The van der Waals surface area contributed by atoms with Crippen LogP contribution in [0.25, 0.3) is 0 Å². The minimum absolute atomic E-state index is 0.136. The zero-order valence-corrected chi connectivity index (χ0v) is 14.4. The predicted octanol–water partition coefficient (Wildman–Crippen LogP) is 1.71. The molecule has 2 aliphatic rings. The van der Waals surface area contributed by atoms with Crippen molar-refractivity contribution in [3.8, 4) is 0 Å². The molecule has 26 heavy (non-hydrogen) atoms. The van der Waals surface area contributed by atoms with E-state index in [1.54, 1.807) is 23.1 Å². The molecule has 1 aliphatic carbocycles. The first-order valence-corrected chi connectivity index (χ1v) is 8.96. The summed E-state index contributed by atoms with van der Waals surface area (Å²) in [5.41, 5.74) is 2.44. The molecule has 2 amide bonds. The summed E-state index contributed by atoms with van der Waals surface area (Å²) < 4.78 is 0. The molecular weight excluding hydrogens is 330 g/mol. The molecule has 2 heterocycles. The fourth-order valence-electron chi connectivity index (χ4n) is 3.73. The van der Waals surface area contributed by atoms with Crippen LogP contribution in [0.15, 0.2) is 42.5 Å². The first-order chi connectivity index (χ1) is 12.6. The molecule has 2 N–H and O–H groups in total. The van der Waals surface area contributed by atoms with E-state index in [4.69, 9.17) is 0 Å². The Morgan fingerprint density at radius 3 is 2.58 bits per heavy atom. The van der Waals surface area contributed by atoms with E-state index in [0.717, 1.165) is 37.1 Å². The summed E-state index contributed by atoms with van der Waals surface area (Å²) in [4.78, 5) is 31.1. The van der Waals surface area contributed by atoms with E-state index in [0.29, 0.717) is 6.42 Å². The van der Waals surface area contributed by atoms with Crippen molar-refractivity contribution in [2.45, 2.75) is 31.4 Å². The Kier molecular flexibility index (Phi) is 4.42. The zero-order chi connectivity index (χ0) is 18.1. The highest BCUT2D eigenvalue weighted by Crippen LogP contribution is 2.31. The van der Waals surface area contributed by atoms with Gasteiger partial charge in [-0.2, -0.15) is 0 Å². The number of likely N-dealkylation sites (tertiary alicyclic amines) is 1. The summed E-state index contributed by atoms with van der Waals surface area (Å²) in [6.45, 7) is 1.48. The molecule has 1 aromatic heterocycles. The van der Waals surface area contributed by atoms with Gasteiger partial charge in [0, 0.05) is 19.5 Å². The molecule has 2 atom stereocenters. The van der Waals surface area contributed by atoms with Crippen LogP contribution >= 0.6 is 0 Å². The van der Waals surface area contributed by atoms with Gasteiger partial charge in [0.2, 0.25) is 0 Å². The molecule has 6 heteroatoms. The van der Waals surface area contributed by atoms with Gasteiger partial charge in [-0.1, -0.05) is 30.3 Å². The van der Waals surface area contributed by atoms with Gasteiger partial charge in [-0.25, -0.2) is 4.98 Å². The van der Waals surface area contributed by atoms with Crippen LogP contribution in [0, 0.1) is 0 Å². The van der Waals surface area contributed by atoms with E-state index in [-0.39, 0.29) is 23.2 Å². The van der Waals surface area contributed by atoms with E-state index in [1.165, 1.54) is 0 Å². The molecule has 1 aliphatic heterocycles. The van der Waals surface area contributed by atoms with Gasteiger partial charge in [0.1, 0.15) is 11.4 Å². The van der Waals surface area contributed by atoms with Crippen molar-refractivity contribution in [2.75, 3.05) is 13.1 Å². The number of aromatic nitrogens is 1. The highest BCUT2D eigenvalue weighted by atomic mass is 16.3. The third kappa shape index (κ3) is 3.08. The van der Waals surface area contributed by atoms with Gasteiger partial charge >= 0.3 is 0 Å². The van der Waals surface area contributed by atoms with Crippen LogP contribution in [0.2, 0.25) is 0 Å². The lowest BCUT2D eigenvalue weighted by Crippen LogP contribution is -2.35. The van der Waals surface area contributed by atoms with E-state index in [1.807, 2.05) is 24.3 Å². The Labute approximate surface area is 151 Å². The van der Waals surface area contributed by atoms with Gasteiger partial charge < -0.3 is 15.3 Å². The molecule has 2 aromatic rings. The molecule has 4 rings (SSSR count). The number of benzene rings is 1. The molecule has 134 valence electrons. The standard InChI is InChI=1S/C20H21N3O3/c24-17-12-13-6-1-2-7-14(13)18(17)22-19(25)15-8-5-9-16(21-15)20(26)23-10-3-4-11-23/h1-2,5-9,17-18,24H,3-4,10-12H2,(H,22,25)/t17-,18+/m0/s1. The SMILES string of the molecule is O=C(N[C@@H]1c2ccccc2C[C@@H]1O)c1cccc(C(=O)N2CCCC2)n1. The Morgan fingerprint density at radius 2 is 1.77 bits per heavy atom. The van der Waals surface area contributed by atoms with Crippen molar-refractivity contribution in [3.63, 3.8) is 0 Å². The normalized spacial score (nSPS) is 21.5. The molecule has 1 saturated heterocycles. The molecule has 0 radical (unpaired) electrons. The van der Waals surface area contributed by atoms with Gasteiger partial charge in [-0.15, -0.1) is 0 Å². The largest absolute Gasteiger partial charge is 0.390 e. The number of aliphatic hydroxyl groups is 1. The summed E-state index contributed by atoms with van der Waals surface area (Å²) in [6, 6.07) is 12.1. The van der Waals surface area contributed by atoms with Crippen LogP contribution < -0.4 is 5.32 Å². The average Bonchev–Trinajstić information content (AvgIpc) is 3.30. The van der Waals surface area contributed by atoms with E-state index >= 15 is 0 Å². The average molecular weight is 351 g/mol. The maximum atomic E-state index is 12.6. The second kappa shape index (κ2) is 6.88. The summed E-state index contributed by atoms with van der Waals surface area (Å²) in [6.07, 6.45) is 1.86. The Hall–Kier alpha value is -2.73. The minimum Gasteiger partial charge on any atom is -0.390 e. The second-order valence-electron chi connectivity index (χ2n) is 6.83. The van der Waals surface area contributed by atoms with Crippen molar-refractivity contribution in [2.24, 2.45) is 0 Å². The molecule has 0 unspecified atom stereocenters. The second-order valence-corrected chi connectivity index (χ2v) is 6.83. The van der Waals surface area contributed by atoms with Crippen LogP contribution in [-0.2, 0) is 6.42 Å². The molecule has 0 saturated carbocycles. The fraction of sp³-hybridized carbons (Fsp3) is 0.350. The van der Waals surface area contributed by atoms with Gasteiger partial charge in [0.05, 0.1) is 12.1 Å². The minimum atomic E-state index is -0.661. The van der Waals surface area contributed by atoms with Gasteiger partial charge in [0.15, 0.2) is 0 Å². The third-order valence-electron chi connectivity index (χ3n) is 5.08. The third-order valence-corrected chi connectivity index (χ3v) is 5.08. The molecule has 1 fully saturated rings. The van der Waals surface area contributed by atoms with Crippen LogP contribution in [-0.4, -0.2) is 46.0 Å². The number of hydrogen-bond acceptors (Lipinski definition) is 4. The van der Waals surface area contributed by atoms with Crippen molar-refractivity contribution in [1.29, 1.82) is 0 Å². The molecule has 1 aromatic carbocycles. The zero-order valence-electron chi connectivity index (χ0n) is 14.4. The number of carbonyl (C=O) groups excluding carboxylic acids is 2. The maximum absolute atomic E-state index is 12.6. The summed E-state index contributed by atoms with van der Waals surface area (Å²) in [5.74, 6) is -0.523. The van der Waals surface area contributed by atoms with Gasteiger partial charge in [-0.05, 0) is 36.1 Å². The topological polar surface area (TPSA) is 82.5 Å². The van der Waals surface area contributed by atoms with E-state index < -0.39 is 12.1 Å². The summed E-state index contributed by atoms with van der Waals surface area (Å²) in [5, 5.41) is 13.2. The van der Waals surface area contributed by atoms with Crippen molar-refractivity contribution in [1.82, 2.24) is 15.2 Å². The van der Waals surface area contributed by atoms with Crippen LogP contribution in [0.3, 0.4) is 0 Å². The fourth-order valence-corrected chi connectivity index (χ4v) is 3.73. The number of pyridine rings is 1. The van der Waals surface area contributed by atoms with Crippen molar-refractivity contribution < 1.29 is 14.7 Å². The number of rotatable bonds is 3. The van der Waals surface area contributed by atoms with Gasteiger partial charge in [0.25, 0.3) is 11.8 Å². The highest BCUT2D eigenvalue weighted by Gasteiger charge is 2.32. The van der Waals surface area contributed by atoms with Gasteiger partial charge in [-0.3, -0.25) is 9.59 Å². The molecule has 6 nitrogen and oxygen atoms in total. The Balaban J connectivity index is 1.52. The number of carbonyl (C=O) groups is 2. The van der Waals surface area contributed by atoms with Crippen LogP contribution in [0.4, 0.5) is 0 Å². The predicted molar refractivity (Wildman–Crippen MR) is 95.7 cm³/mol.